The van der Waals surface area contributed by atoms with Crippen molar-refractivity contribution in [2.24, 2.45) is 7.05 Å². The second-order valence-electron chi connectivity index (χ2n) is 6.45. The molecule has 7 nitrogen and oxygen atoms in total. The summed E-state index contributed by atoms with van der Waals surface area (Å²) in [6.45, 7) is 1.91. The largest absolute Gasteiger partial charge is 0.435 e. The van der Waals surface area contributed by atoms with Crippen LogP contribution >= 0.6 is 0 Å². The Bertz CT molecular complexity index is 897. The van der Waals surface area contributed by atoms with Gasteiger partial charge in [-0.1, -0.05) is 0 Å². The molecule has 0 spiro atoms. The van der Waals surface area contributed by atoms with Crippen LogP contribution in [0.4, 0.5) is 13.2 Å². The first kappa shape index (κ1) is 18.9. The molecule has 1 saturated carbocycles. The van der Waals surface area contributed by atoms with Crippen molar-refractivity contribution in [2.75, 3.05) is 6.54 Å². The van der Waals surface area contributed by atoms with Gasteiger partial charge in [-0.25, -0.2) is 13.1 Å². The smallest absolute Gasteiger partial charge is 0.274 e. The van der Waals surface area contributed by atoms with Crippen LogP contribution in [0.25, 0.3) is 0 Å². The lowest BCUT2D eigenvalue weighted by Crippen LogP contribution is -2.26. The minimum atomic E-state index is -4.48. The summed E-state index contributed by atoms with van der Waals surface area (Å²) in [6.07, 6.45) is -1.02. The molecule has 0 unspecified atom stereocenters. The molecule has 0 atom stereocenters. The third kappa shape index (κ3) is 4.09. The van der Waals surface area contributed by atoms with Gasteiger partial charge < -0.3 is 0 Å². The van der Waals surface area contributed by atoms with Crippen LogP contribution in [0.15, 0.2) is 17.2 Å². The van der Waals surface area contributed by atoms with Crippen LogP contribution in [-0.2, 0) is 29.8 Å². The van der Waals surface area contributed by atoms with E-state index < -0.39 is 21.9 Å². The molecule has 11 heteroatoms. The fourth-order valence-electron chi connectivity index (χ4n) is 2.81. The SMILES string of the molecule is Cc1nn(C)cc1S(=O)(=O)NCCCn1nc(C(F)(F)F)cc1C1CC1. The number of nitrogens with one attached hydrogen (secondary N) is 1. The third-order valence-electron chi connectivity index (χ3n) is 4.19. The highest BCUT2D eigenvalue weighted by Gasteiger charge is 2.37. The standard InChI is InChI=1S/C15H20F3N5O2S/c1-10-13(9-22(2)20-10)26(24,25)19-6-3-7-23-12(11-4-5-11)8-14(21-23)15(16,17)18/h8-9,11,19H,3-7H2,1-2H3. The second-order valence-corrected chi connectivity index (χ2v) is 8.19. The third-order valence-corrected chi connectivity index (χ3v) is 5.76. The summed E-state index contributed by atoms with van der Waals surface area (Å²) in [5.41, 5.74) is 0.0622. The number of hydrogen-bond acceptors (Lipinski definition) is 4. The summed E-state index contributed by atoms with van der Waals surface area (Å²) in [5.74, 6) is 0.119. The van der Waals surface area contributed by atoms with Gasteiger partial charge in [-0.15, -0.1) is 0 Å². The molecule has 2 aromatic rings. The van der Waals surface area contributed by atoms with Gasteiger partial charge in [-0.2, -0.15) is 23.4 Å². The second kappa shape index (κ2) is 6.69. The minimum absolute atomic E-state index is 0.0946. The Labute approximate surface area is 149 Å². The summed E-state index contributed by atoms with van der Waals surface area (Å²) in [7, 11) is -2.07. The molecule has 0 radical (unpaired) electrons. The van der Waals surface area contributed by atoms with Gasteiger partial charge in [0.25, 0.3) is 0 Å². The van der Waals surface area contributed by atoms with Crippen molar-refractivity contribution in [2.45, 2.75) is 49.7 Å². The zero-order valence-corrected chi connectivity index (χ0v) is 15.2. The fourth-order valence-corrected chi connectivity index (χ4v) is 4.10. The first-order valence-electron chi connectivity index (χ1n) is 8.23. The Kier molecular flexibility index (Phi) is 4.86. The van der Waals surface area contributed by atoms with E-state index in [1.807, 2.05) is 0 Å². The molecule has 0 saturated heterocycles. The number of alkyl halides is 3. The molecule has 1 N–H and O–H groups in total. The van der Waals surface area contributed by atoms with E-state index in [2.05, 4.69) is 14.9 Å². The molecule has 3 rings (SSSR count). The Morgan fingerprint density at radius 3 is 2.54 bits per heavy atom. The van der Waals surface area contributed by atoms with E-state index in [0.29, 0.717) is 17.8 Å². The number of aryl methyl sites for hydroxylation is 3. The van der Waals surface area contributed by atoms with E-state index in [-0.39, 0.29) is 23.9 Å². The predicted octanol–water partition coefficient (Wildman–Crippen LogP) is 2.19. The maximum absolute atomic E-state index is 12.9. The van der Waals surface area contributed by atoms with Crippen LogP contribution in [0.2, 0.25) is 0 Å². The van der Waals surface area contributed by atoms with Gasteiger partial charge in [0.2, 0.25) is 10.0 Å². The molecule has 144 valence electrons. The maximum atomic E-state index is 12.9. The Morgan fingerprint density at radius 1 is 1.31 bits per heavy atom. The van der Waals surface area contributed by atoms with Crippen molar-refractivity contribution in [3.8, 4) is 0 Å². The van der Waals surface area contributed by atoms with Gasteiger partial charge in [-0.05, 0) is 32.3 Å². The van der Waals surface area contributed by atoms with Crippen molar-refractivity contribution >= 4 is 10.0 Å². The lowest BCUT2D eigenvalue weighted by atomic mass is 10.2. The number of nitrogens with zero attached hydrogens (tertiary/aromatic N) is 4. The molecule has 2 aromatic heterocycles. The molecule has 0 bridgehead atoms. The topological polar surface area (TPSA) is 81.8 Å². The van der Waals surface area contributed by atoms with Crippen molar-refractivity contribution in [3.63, 3.8) is 0 Å². The van der Waals surface area contributed by atoms with Crippen molar-refractivity contribution in [1.82, 2.24) is 24.3 Å². The van der Waals surface area contributed by atoms with Crippen LogP contribution in [0.5, 0.6) is 0 Å². The van der Waals surface area contributed by atoms with Crippen LogP contribution in [0.3, 0.4) is 0 Å². The predicted molar refractivity (Wildman–Crippen MR) is 87.0 cm³/mol. The quantitative estimate of drug-likeness (QED) is 0.734. The lowest BCUT2D eigenvalue weighted by Gasteiger charge is -2.08. The zero-order valence-electron chi connectivity index (χ0n) is 14.4. The molecule has 1 fully saturated rings. The molecule has 1 aliphatic rings. The molecule has 0 aromatic carbocycles. The Hall–Kier alpha value is -1.88. The summed E-state index contributed by atoms with van der Waals surface area (Å²) in [5, 5.41) is 7.65. The number of sulfonamides is 1. The van der Waals surface area contributed by atoms with Gasteiger partial charge in [0, 0.05) is 37.9 Å². The number of halogens is 3. The normalized spacial score (nSPS) is 15.6. The lowest BCUT2D eigenvalue weighted by molar-refractivity contribution is -0.141. The monoisotopic (exact) mass is 391 g/mol. The van der Waals surface area contributed by atoms with E-state index in [9.17, 15) is 21.6 Å². The zero-order chi connectivity index (χ0) is 19.1. The summed E-state index contributed by atoms with van der Waals surface area (Å²) >= 11 is 0. The molecular weight excluding hydrogens is 371 g/mol. The summed E-state index contributed by atoms with van der Waals surface area (Å²) in [4.78, 5) is 0.0946. The average molecular weight is 391 g/mol. The van der Waals surface area contributed by atoms with E-state index in [4.69, 9.17) is 0 Å². The number of hydrogen-bond donors (Lipinski definition) is 1. The van der Waals surface area contributed by atoms with E-state index >= 15 is 0 Å². The van der Waals surface area contributed by atoms with Gasteiger partial charge in [0.15, 0.2) is 5.69 Å². The Morgan fingerprint density at radius 2 is 2.00 bits per heavy atom. The van der Waals surface area contributed by atoms with E-state index in [1.54, 1.807) is 14.0 Å². The van der Waals surface area contributed by atoms with Crippen molar-refractivity contribution in [1.29, 1.82) is 0 Å². The molecule has 1 aliphatic carbocycles. The van der Waals surface area contributed by atoms with E-state index in [0.717, 1.165) is 18.9 Å². The van der Waals surface area contributed by atoms with Crippen LogP contribution in [0, 0.1) is 6.92 Å². The van der Waals surface area contributed by atoms with Crippen LogP contribution in [0.1, 0.15) is 42.3 Å². The van der Waals surface area contributed by atoms with Crippen molar-refractivity contribution < 1.29 is 21.6 Å². The van der Waals surface area contributed by atoms with Crippen LogP contribution in [-0.4, -0.2) is 34.5 Å². The molecule has 0 amide bonds. The fraction of sp³-hybridized carbons (Fsp3) is 0.600. The highest BCUT2D eigenvalue weighted by Crippen LogP contribution is 2.42. The maximum Gasteiger partial charge on any atom is 0.435 e. The van der Waals surface area contributed by atoms with Gasteiger partial charge in [0.05, 0.1) is 5.69 Å². The minimum Gasteiger partial charge on any atom is -0.274 e. The first-order chi connectivity index (χ1) is 12.1. The highest BCUT2D eigenvalue weighted by molar-refractivity contribution is 7.89. The van der Waals surface area contributed by atoms with Crippen molar-refractivity contribution in [3.05, 3.63) is 29.3 Å². The van der Waals surface area contributed by atoms with Gasteiger partial charge in [0.1, 0.15) is 4.90 Å². The van der Waals surface area contributed by atoms with Gasteiger partial charge >= 0.3 is 6.18 Å². The highest BCUT2D eigenvalue weighted by atomic mass is 32.2. The number of aromatic nitrogens is 4. The van der Waals surface area contributed by atoms with Crippen LogP contribution < -0.4 is 4.72 Å². The average Bonchev–Trinajstić information content (AvgIpc) is 3.17. The molecule has 26 heavy (non-hydrogen) atoms. The molecule has 0 aliphatic heterocycles. The Balaban J connectivity index is 1.62. The van der Waals surface area contributed by atoms with E-state index in [1.165, 1.54) is 15.6 Å². The molecule has 2 heterocycles. The van der Waals surface area contributed by atoms with Gasteiger partial charge in [-0.3, -0.25) is 9.36 Å². The summed E-state index contributed by atoms with van der Waals surface area (Å²) in [6, 6.07) is 1.10. The first-order valence-corrected chi connectivity index (χ1v) is 9.71. The molecular formula is C15H20F3N5O2S. The summed E-state index contributed by atoms with van der Waals surface area (Å²) < 4.78 is 68.3. The number of rotatable bonds is 7.